The van der Waals surface area contributed by atoms with Crippen LogP contribution < -0.4 is 9.64 Å². The van der Waals surface area contributed by atoms with Crippen LogP contribution in [0, 0.1) is 24.0 Å². The summed E-state index contributed by atoms with van der Waals surface area (Å²) in [6.07, 6.45) is 0. The Labute approximate surface area is 164 Å². The minimum absolute atomic E-state index is 0.0221. The fraction of sp³-hybridized carbons (Fsp3) is 0.368. The number of non-ortho nitro benzene ring substituents is 1. The van der Waals surface area contributed by atoms with Gasteiger partial charge in [0, 0.05) is 37.9 Å². The van der Waals surface area contributed by atoms with Crippen LogP contribution >= 0.6 is 0 Å². The largest absolute Gasteiger partial charge is 0.495 e. The van der Waals surface area contributed by atoms with Gasteiger partial charge in [-0.3, -0.25) is 10.1 Å². The Kier molecular flexibility index (Phi) is 5.57. The van der Waals surface area contributed by atoms with E-state index in [4.69, 9.17) is 4.74 Å². The normalized spacial score (nSPS) is 15.5. The molecule has 0 aromatic heterocycles. The lowest BCUT2D eigenvalue weighted by Gasteiger charge is -2.36. The molecule has 0 N–H and O–H groups in total. The molecule has 1 saturated heterocycles. The zero-order valence-corrected chi connectivity index (χ0v) is 16.9. The smallest absolute Gasteiger partial charge is 0.273 e. The first-order valence-corrected chi connectivity index (χ1v) is 10.3. The number of hydrogen-bond acceptors (Lipinski definition) is 6. The van der Waals surface area contributed by atoms with Crippen LogP contribution in [0.15, 0.2) is 41.3 Å². The Hall–Kier alpha value is -2.65. The highest BCUT2D eigenvalue weighted by Gasteiger charge is 2.32. The fourth-order valence-electron chi connectivity index (χ4n) is 3.37. The minimum atomic E-state index is -3.81. The second kappa shape index (κ2) is 7.76. The van der Waals surface area contributed by atoms with Crippen molar-refractivity contribution in [2.75, 3.05) is 38.2 Å². The Balaban J connectivity index is 1.82. The number of hydrogen-bond donors (Lipinski definition) is 0. The molecule has 8 nitrogen and oxygen atoms in total. The van der Waals surface area contributed by atoms with Gasteiger partial charge in [0.1, 0.15) is 10.6 Å². The molecule has 0 aliphatic carbocycles. The SMILES string of the molecule is COc1cc([N+](=O)[O-])ccc1S(=O)(=O)N1CCN(c2cccc(C)c2C)CC1. The Morgan fingerprint density at radius 1 is 1.07 bits per heavy atom. The molecule has 0 radical (unpaired) electrons. The third-order valence-electron chi connectivity index (χ3n) is 5.13. The third kappa shape index (κ3) is 3.67. The molecule has 1 aliphatic heterocycles. The van der Waals surface area contributed by atoms with Crippen molar-refractivity contribution in [1.82, 2.24) is 4.31 Å². The molecule has 1 aliphatic rings. The monoisotopic (exact) mass is 405 g/mol. The molecule has 1 heterocycles. The summed E-state index contributed by atoms with van der Waals surface area (Å²) in [5.41, 5.74) is 3.29. The number of nitrogens with zero attached hydrogens (tertiary/aromatic N) is 3. The molecule has 2 aromatic rings. The van der Waals surface area contributed by atoms with E-state index in [9.17, 15) is 18.5 Å². The van der Waals surface area contributed by atoms with Crippen molar-refractivity contribution in [1.29, 1.82) is 0 Å². The van der Waals surface area contributed by atoms with E-state index in [2.05, 4.69) is 24.8 Å². The highest BCUT2D eigenvalue weighted by molar-refractivity contribution is 7.89. The Morgan fingerprint density at radius 3 is 2.36 bits per heavy atom. The van der Waals surface area contributed by atoms with Crippen molar-refractivity contribution in [2.45, 2.75) is 18.7 Å². The number of piperazine rings is 1. The van der Waals surface area contributed by atoms with Gasteiger partial charge in [-0.1, -0.05) is 12.1 Å². The summed E-state index contributed by atoms with van der Waals surface area (Å²) < 4.78 is 32.7. The summed E-state index contributed by atoms with van der Waals surface area (Å²) >= 11 is 0. The van der Waals surface area contributed by atoms with Crippen molar-refractivity contribution in [3.05, 3.63) is 57.6 Å². The van der Waals surface area contributed by atoms with Gasteiger partial charge in [-0.25, -0.2) is 8.42 Å². The first-order chi connectivity index (χ1) is 13.3. The molecule has 0 atom stereocenters. The maximum atomic E-state index is 13.1. The maximum absolute atomic E-state index is 13.1. The average Bonchev–Trinajstić information content (AvgIpc) is 2.69. The van der Waals surface area contributed by atoms with Gasteiger partial charge in [-0.2, -0.15) is 4.31 Å². The van der Waals surface area contributed by atoms with E-state index in [0.717, 1.165) is 11.8 Å². The first-order valence-electron chi connectivity index (χ1n) is 8.89. The van der Waals surface area contributed by atoms with E-state index in [-0.39, 0.29) is 16.3 Å². The average molecular weight is 405 g/mol. The van der Waals surface area contributed by atoms with Gasteiger partial charge in [0.2, 0.25) is 10.0 Å². The molecule has 3 rings (SSSR count). The highest BCUT2D eigenvalue weighted by Crippen LogP contribution is 2.32. The van der Waals surface area contributed by atoms with Gasteiger partial charge in [0.15, 0.2) is 0 Å². The van der Waals surface area contributed by atoms with E-state index in [1.165, 1.54) is 34.7 Å². The number of ether oxygens (including phenoxy) is 1. The summed E-state index contributed by atoms with van der Waals surface area (Å²) in [5.74, 6) is -0.0221. The predicted molar refractivity (Wildman–Crippen MR) is 107 cm³/mol. The number of rotatable bonds is 5. The van der Waals surface area contributed by atoms with Crippen molar-refractivity contribution >= 4 is 21.4 Å². The molecule has 28 heavy (non-hydrogen) atoms. The molecule has 1 fully saturated rings. The van der Waals surface area contributed by atoms with Crippen LogP contribution in [0.1, 0.15) is 11.1 Å². The second-order valence-electron chi connectivity index (χ2n) is 6.70. The standard InChI is InChI=1S/C19H23N3O5S/c1-14-5-4-6-17(15(14)2)20-9-11-21(12-10-20)28(25,26)19-8-7-16(22(23)24)13-18(19)27-3/h4-8,13H,9-12H2,1-3H3. The van der Waals surface area contributed by atoms with Crippen LogP contribution in [0.3, 0.4) is 0 Å². The Bertz CT molecular complexity index is 999. The van der Waals surface area contributed by atoms with E-state index < -0.39 is 14.9 Å². The number of nitro groups is 1. The van der Waals surface area contributed by atoms with Gasteiger partial charge in [0.25, 0.3) is 5.69 Å². The van der Waals surface area contributed by atoms with Gasteiger partial charge in [0.05, 0.1) is 18.1 Å². The topological polar surface area (TPSA) is 93.0 Å². The Morgan fingerprint density at radius 2 is 1.75 bits per heavy atom. The lowest BCUT2D eigenvalue weighted by Crippen LogP contribution is -2.48. The van der Waals surface area contributed by atoms with Gasteiger partial charge >= 0.3 is 0 Å². The van der Waals surface area contributed by atoms with Crippen molar-refractivity contribution < 1.29 is 18.1 Å². The number of aryl methyl sites for hydroxylation is 1. The zero-order chi connectivity index (χ0) is 20.5. The van der Waals surface area contributed by atoms with Crippen LogP contribution in [-0.2, 0) is 10.0 Å². The van der Waals surface area contributed by atoms with Crippen molar-refractivity contribution in [3.63, 3.8) is 0 Å². The van der Waals surface area contributed by atoms with Crippen molar-refractivity contribution in [2.24, 2.45) is 0 Å². The molecular weight excluding hydrogens is 382 g/mol. The molecule has 0 saturated carbocycles. The van der Waals surface area contributed by atoms with Crippen LogP contribution in [0.2, 0.25) is 0 Å². The summed E-state index contributed by atoms with van der Waals surface area (Å²) in [4.78, 5) is 12.5. The molecule has 9 heteroatoms. The lowest BCUT2D eigenvalue weighted by atomic mass is 10.1. The molecular formula is C19H23N3O5S. The molecule has 0 amide bonds. The fourth-order valence-corrected chi connectivity index (χ4v) is 4.93. The number of benzene rings is 2. The van der Waals surface area contributed by atoms with E-state index >= 15 is 0 Å². The number of sulfonamides is 1. The second-order valence-corrected chi connectivity index (χ2v) is 8.61. The molecule has 150 valence electrons. The quantitative estimate of drug-likeness (QED) is 0.561. The van der Waals surface area contributed by atoms with Crippen LogP contribution in [0.4, 0.5) is 11.4 Å². The molecule has 0 bridgehead atoms. The first kappa shape index (κ1) is 20.1. The highest BCUT2D eigenvalue weighted by atomic mass is 32.2. The van der Waals surface area contributed by atoms with Gasteiger partial charge < -0.3 is 9.64 Å². The summed E-state index contributed by atoms with van der Waals surface area (Å²) in [5, 5.41) is 10.9. The molecule has 0 unspecified atom stereocenters. The van der Waals surface area contributed by atoms with E-state index in [1.807, 2.05) is 12.1 Å². The van der Waals surface area contributed by atoms with Gasteiger partial charge in [-0.05, 0) is 37.1 Å². The number of methoxy groups -OCH3 is 1. The summed E-state index contributed by atoms with van der Waals surface area (Å²) in [6.45, 7) is 5.92. The van der Waals surface area contributed by atoms with Crippen LogP contribution in [-0.4, -0.2) is 50.9 Å². The van der Waals surface area contributed by atoms with Crippen LogP contribution in [0.5, 0.6) is 5.75 Å². The van der Waals surface area contributed by atoms with Gasteiger partial charge in [-0.15, -0.1) is 0 Å². The zero-order valence-electron chi connectivity index (χ0n) is 16.1. The summed E-state index contributed by atoms with van der Waals surface area (Å²) in [7, 11) is -2.51. The van der Waals surface area contributed by atoms with E-state index in [0.29, 0.717) is 26.2 Å². The van der Waals surface area contributed by atoms with Crippen LogP contribution in [0.25, 0.3) is 0 Å². The number of anilines is 1. The summed E-state index contributed by atoms with van der Waals surface area (Å²) in [6, 6.07) is 9.67. The maximum Gasteiger partial charge on any atom is 0.273 e. The third-order valence-corrected chi connectivity index (χ3v) is 7.07. The predicted octanol–water partition coefficient (Wildman–Crippen LogP) is 2.73. The lowest BCUT2D eigenvalue weighted by molar-refractivity contribution is -0.385. The molecule has 0 spiro atoms. The minimum Gasteiger partial charge on any atom is -0.495 e. The van der Waals surface area contributed by atoms with Crippen molar-refractivity contribution in [3.8, 4) is 5.75 Å². The molecule has 2 aromatic carbocycles. The van der Waals surface area contributed by atoms with E-state index in [1.54, 1.807) is 0 Å². The number of nitro benzene ring substituents is 1.